The predicted octanol–water partition coefficient (Wildman–Crippen LogP) is 1.94. The Balaban J connectivity index is 1.78. The molecule has 0 atom stereocenters. The fourth-order valence-electron chi connectivity index (χ4n) is 2.66. The van der Waals surface area contributed by atoms with Gasteiger partial charge in [-0.25, -0.2) is 4.79 Å². The molecular weight excluding hydrogens is 268 g/mol. The number of hydrogen-bond donors (Lipinski definition) is 3. The van der Waals surface area contributed by atoms with Gasteiger partial charge in [0.15, 0.2) is 0 Å². The smallest absolute Gasteiger partial charge is 0.315 e. The Morgan fingerprint density at radius 3 is 2.57 bits per heavy atom. The van der Waals surface area contributed by atoms with Crippen LogP contribution >= 0.6 is 0 Å². The summed E-state index contributed by atoms with van der Waals surface area (Å²) in [6.45, 7) is 1.03. The first kappa shape index (κ1) is 15.8. The van der Waals surface area contributed by atoms with Gasteiger partial charge in [-0.05, 0) is 36.8 Å². The van der Waals surface area contributed by atoms with E-state index in [2.05, 4.69) is 10.6 Å². The molecule has 3 N–H and O–H groups in total. The van der Waals surface area contributed by atoms with Gasteiger partial charge in [0.05, 0.1) is 12.7 Å². The van der Waals surface area contributed by atoms with E-state index >= 15 is 0 Å². The maximum Gasteiger partial charge on any atom is 0.315 e. The molecule has 0 saturated heterocycles. The number of benzene rings is 1. The molecule has 2 rings (SSSR count). The summed E-state index contributed by atoms with van der Waals surface area (Å²) in [7, 11) is 1.66. The Bertz CT molecular complexity index is 457. The van der Waals surface area contributed by atoms with Crippen molar-refractivity contribution in [3.05, 3.63) is 35.4 Å². The first-order valence-electron chi connectivity index (χ1n) is 7.47. The molecule has 1 aromatic carbocycles. The van der Waals surface area contributed by atoms with E-state index in [1.54, 1.807) is 7.11 Å². The highest BCUT2D eigenvalue weighted by Crippen LogP contribution is 2.18. The summed E-state index contributed by atoms with van der Waals surface area (Å²) in [6.07, 6.45) is 3.01. The second kappa shape index (κ2) is 8.00. The van der Waals surface area contributed by atoms with Crippen LogP contribution in [0, 0.1) is 0 Å². The summed E-state index contributed by atoms with van der Waals surface area (Å²) in [6, 6.07) is 7.93. The Morgan fingerprint density at radius 1 is 1.24 bits per heavy atom. The molecule has 5 heteroatoms. The quantitative estimate of drug-likeness (QED) is 0.776. The summed E-state index contributed by atoms with van der Waals surface area (Å²) >= 11 is 0. The van der Waals surface area contributed by atoms with Crippen LogP contribution in [0.5, 0.6) is 0 Å². The molecule has 0 aliphatic heterocycles. The van der Waals surface area contributed by atoms with Crippen LogP contribution in [0.4, 0.5) is 4.79 Å². The van der Waals surface area contributed by atoms with E-state index in [4.69, 9.17) is 4.74 Å². The van der Waals surface area contributed by atoms with Crippen molar-refractivity contribution in [2.45, 2.75) is 51.0 Å². The molecule has 0 aromatic heterocycles. The van der Waals surface area contributed by atoms with Crippen LogP contribution in [0.3, 0.4) is 0 Å². The second-order valence-electron chi connectivity index (χ2n) is 5.53. The van der Waals surface area contributed by atoms with E-state index in [1.165, 1.54) is 0 Å². The van der Waals surface area contributed by atoms with Gasteiger partial charge in [0, 0.05) is 19.7 Å². The van der Waals surface area contributed by atoms with Crippen LogP contribution in [-0.2, 0) is 17.9 Å². The number of aliphatic hydroxyl groups excluding tert-OH is 1. The lowest BCUT2D eigenvalue weighted by molar-refractivity contribution is 0.117. The Morgan fingerprint density at radius 2 is 1.90 bits per heavy atom. The lowest BCUT2D eigenvalue weighted by Crippen LogP contribution is -2.43. The molecule has 1 aliphatic carbocycles. The van der Waals surface area contributed by atoms with Crippen LogP contribution in [0.1, 0.15) is 36.8 Å². The first-order valence-corrected chi connectivity index (χ1v) is 7.47. The zero-order valence-corrected chi connectivity index (χ0v) is 12.5. The molecule has 0 heterocycles. The monoisotopic (exact) mass is 292 g/mol. The van der Waals surface area contributed by atoms with Gasteiger partial charge < -0.3 is 20.5 Å². The predicted molar refractivity (Wildman–Crippen MR) is 80.8 cm³/mol. The normalized spacial score (nSPS) is 21.8. The van der Waals surface area contributed by atoms with Crippen molar-refractivity contribution in [3.63, 3.8) is 0 Å². The minimum absolute atomic E-state index is 0.149. The highest BCUT2D eigenvalue weighted by molar-refractivity contribution is 5.74. The summed E-state index contributed by atoms with van der Waals surface area (Å²) < 4.78 is 5.15. The molecule has 0 spiro atoms. The number of carbonyl (C=O) groups is 1. The SMILES string of the molecule is COCc1ccccc1CNC(=O)NC1CCC(O)CC1. The van der Waals surface area contributed by atoms with Crippen molar-refractivity contribution in [1.29, 1.82) is 0 Å². The standard InChI is InChI=1S/C16H24N2O3/c1-21-11-13-5-3-2-4-12(13)10-17-16(20)18-14-6-8-15(19)9-7-14/h2-5,14-15,19H,6-11H2,1H3,(H2,17,18,20). The molecule has 0 radical (unpaired) electrons. The van der Waals surface area contributed by atoms with Gasteiger partial charge in [0.25, 0.3) is 0 Å². The molecular formula is C16H24N2O3. The fraction of sp³-hybridized carbons (Fsp3) is 0.562. The third-order valence-corrected chi connectivity index (χ3v) is 3.89. The molecule has 1 aliphatic rings. The number of carbonyl (C=O) groups excluding carboxylic acids is 1. The summed E-state index contributed by atoms with van der Waals surface area (Å²) in [5, 5.41) is 15.3. The van der Waals surface area contributed by atoms with E-state index in [1.807, 2.05) is 24.3 Å². The van der Waals surface area contributed by atoms with Gasteiger partial charge >= 0.3 is 6.03 Å². The number of aliphatic hydroxyl groups is 1. The van der Waals surface area contributed by atoms with Crippen LogP contribution in [0.25, 0.3) is 0 Å². The number of nitrogens with one attached hydrogen (secondary N) is 2. The maximum atomic E-state index is 11.9. The van der Waals surface area contributed by atoms with Crippen molar-refractivity contribution in [3.8, 4) is 0 Å². The van der Waals surface area contributed by atoms with Gasteiger partial charge in [0.1, 0.15) is 0 Å². The number of urea groups is 1. The van der Waals surface area contributed by atoms with E-state index in [0.29, 0.717) is 13.2 Å². The molecule has 1 saturated carbocycles. The lowest BCUT2D eigenvalue weighted by atomic mass is 9.93. The third kappa shape index (κ3) is 5.02. The van der Waals surface area contributed by atoms with Gasteiger partial charge in [-0.3, -0.25) is 0 Å². The van der Waals surface area contributed by atoms with Crippen LogP contribution in [0.2, 0.25) is 0 Å². The van der Waals surface area contributed by atoms with E-state index < -0.39 is 0 Å². The van der Waals surface area contributed by atoms with Gasteiger partial charge in [-0.15, -0.1) is 0 Å². The summed E-state index contributed by atoms with van der Waals surface area (Å²) in [5.41, 5.74) is 2.15. The molecule has 21 heavy (non-hydrogen) atoms. The lowest BCUT2D eigenvalue weighted by Gasteiger charge is -2.26. The molecule has 2 amide bonds. The average molecular weight is 292 g/mol. The van der Waals surface area contributed by atoms with Gasteiger partial charge in [-0.2, -0.15) is 0 Å². The Hall–Kier alpha value is -1.59. The number of hydrogen-bond acceptors (Lipinski definition) is 3. The van der Waals surface area contributed by atoms with Crippen LogP contribution in [0.15, 0.2) is 24.3 Å². The summed E-state index contributed by atoms with van der Waals surface area (Å²) in [5.74, 6) is 0. The molecule has 1 fully saturated rings. The Labute approximate surface area is 125 Å². The number of amides is 2. The molecule has 0 bridgehead atoms. The van der Waals surface area contributed by atoms with E-state index in [-0.39, 0.29) is 18.2 Å². The summed E-state index contributed by atoms with van der Waals surface area (Å²) in [4.78, 5) is 11.9. The molecule has 116 valence electrons. The third-order valence-electron chi connectivity index (χ3n) is 3.89. The second-order valence-corrected chi connectivity index (χ2v) is 5.53. The van der Waals surface area contributed by atoms with E-state index in [9.17, 15) is 9.90 Å². The Kier molecular flexibility index (Phi) is 6.02. The minimum atomic E-state index is -0.202. The van der Waals surface area contributed by atoms with Gasteiger partial charge in [-0.1, -0.05) is 24.3 Å². The number of methoxy groups -OCH3 is 1. The van der Waals surface area contributed by atoms with Gasteiger partial charge in [0.2, 0.25) is 0 Å². The van der Waals surface area contributed by atoms with E-state index in [0.717, 1.165) is 36.8 Å². The van der Waals surface area contributed by atoms with Crippen molar-refractivity contribution in [2.24, 2.45) is 0 Å². The fourth-order valence-corrected chi connectivity index (χ4v) is 2.66. The number of ether oxygens (including phenoxy) is 1. The van der Waals surface area contributed by atoms with Crippen molar-refractivity contribution >= 4 is 6.03 Å². The van der Waals surface area contributed by atoms with Crippen molar-refractivity contribution in [2.75, 3.05) is 7.11 Å². The molecule has 5 nitrogen and oxygen atoms in total. The van der Waals surface area contributed by atoms with Crippen molar-refractivity contribution < 1.29 is 14.6 Å². The average Bonchev–Trinajstić information content (AvgIpc) is 2.49. The highest BCUT2D eigenvalue weighted by atomic mass is 16.5. The zero-order chi connectivity index (χ0) is 15.1. The van der Waals surface area contributed by atoms with Crippen LogP contribution < -0.4 is 10.6 Å². The minimum Gasteiger partial charge on any atom is -0.393 e. The first-order chi connectivity index (χ1) is 10.2. The van der Waals surface area contributed by atoms with Crippen LogP contribution in [-0.4, -0.2) is 30.4 Å². The number of rotatable bonds is 5. The van der Waals surface area contributed by atoms with Crippen molar-refractivity contribution in [1.82, 2.24) is 10.6 Å². The zero-order valence-electron chi connectivity index (χ0n) is 12.5. The molecule has 0 unspecified atom stereocenters. The largest absolute Gasteiger partial charge is 0.393 e. The molecule has 1 aromatic rings. The highest BCUT2D eigenvalue weighted by Gasteiger charge is 2.20. The maximum absolute atomic E-state index is 11.9. The topological polar surface area (TPSA) is 70.6 Å².